The molecule has 2 heterocycles. The van der Waals surface area contributed by atoms with Gasteiger partial charge < -0.3 is 19.3 Å². The SMILES string of the molecule is COc1ccc(Cn2cc(CN(C)CCc3ccccn3)c3ccc(C(=O)O)cc32)cc1. The fourth-order valence-corrected chi connectivity index (χ4v) is 3.91. The Balaban J connectivity index is 1.59. The summed E-state index contributed by atoms with van der Waals surface area (Å²) < 4.78 is 7.38. The first-order valence-electron chi connectivity index (χ1n) is 10.6. The highest BCUT2D eigenvalue weighted by Crippen LogP contribution is 2.25. The van der Waals surface area contributed by atoms with Crippen LogP contribution in [-0.4, -0.2) is 46.2 Å². The number of fused-ring (bicyclic) bond motifs is 1. The summed E-state index contributed by atoms with van der Waals surface area (Å²) in [4.78, 5) is 18.2. The fraction of sp³-hybridized carbons (Fsp3) is 0.231. The Kier molecular flexibility index (Phi) is 6.52. The van der Waals surface area contributed by atoms with Crippen molar-refractivity contribution in [2.45, 2.75) is 19.5 Å². The lowest BCUT2D eigenvalue weighted by molar-refractivity contribution is 0.0697. The third kappa shape index (κ3) is 4.98. The maximum absolute atomic E-state index is 11.6. The molecule has 0 saturated carbocycles. The van der Waals surface area contributed by atoms with Crippen LogP contribution in [0.2, 0.25) is 0 Å². The normalized spacial score (nSPS) is 11.2. The molecule has 4 rings (SSSR count). The molecule has 1 N–H and O–H groups in total. The van der Waals surface area contributed by atoms with E-state index in [2.05, 4.69) is 27.7 Å². The molecule has 6 nitrogen and oxygen atoms in total. The van der Waals surface area contributed by atoms with Gasteiger partial charge in [-0.05, 0) is 54.6 Å². The molecule has 0 aliphatic carbocycles. The van der Waals surface area contributed by atoms with Crippen molar-refractivity contribution >= 4 is 16.9 Å². The van der Waals surface area contributed by atoms with E-state index in [0.717, 1.165) is 47.4 Å². The number of aromatic carboxylic acids is 1. The van der Waals surface area contributed by atoms with E-state index in [-0.39, 0.29) is 0 Å². The zero-order valence-corrected chi connectivity index (χ0v) is 18.4. The Hall–Kier alpha value is -3.64. The number of hydrogen-bond acceptors (Lipinski definition) is 4. The summed E-state index contributed by atoms with van der Waals surface area (Å²) in [6, 6.07) is 19.3. The van der Waals surface area contributed by atoms with Gasteiger partial charge in [-0.25, -0.2) is 4.79 Å². The van der Waals surface area contributed by atoms with Gasteiger partial charge in [0.15, 0.2) is 0 Å². The van der Waals surface area contributed by atoms with Crippen LogP contribution in [0, 0.1) is 0 Å². The monoisotopic (exact) mass is 429 g/mol. The average Bonchev–Trinajstić information content (AvgIpc) is 3.15. The molecule has 0 saturated heterocycles. The van der Waals surface area contributed by atoms with Gasteiger partial charge in [-0.2, -0.15) is 0 Å². The van der Waals surface area contributed by atoms with Gasteiger partial charge in [0.1, 0.15) is 5.75 Å². The van der Waals surface area contributed by atoms with Crippen LogP contribution >= 0.6 is 0 Å². The van der Waals surface area contributed by atoms with E-state index in [1.54, 1.807) is 19.2 Å². The number of methoxy groups -OCH3 is 1. The van der Waals surface area contributed by atoms with E-state index in [1.165, 1.54) is 5.56 Å². The average molecular weight is 430 g/mol. The van der Waals surface area contributed by atoms with E-state index in [1.807, 2.05) is 54.7 Å². The van der Waals surface area contributed by atoms with Crippen molar-refractivity contribution in [1.82, 2.24) is 14.5 Å². The first kappa shape index (κ1) is 21.6. The summed E-state index contributed by atoms with van der Waals surface area (Å²) in [6.45, 7) is 2.31. The first-order valence-corrected chi connectivity index (χ1v) is 10.6. The van der Waals surface area contributed by atoms with Crippen molar-refractivity contribution in [2.75, 3.05) is 20.7 Å². The minimum atomic E-state index is -0.918. The number of likely N-dealkylation sites (N-methyl/N-ethyl adjacent to an activating group) is 1. The predicted octanol–water partition coefficient (Wildman–Crippen LogP) is 4.47. The van der Waals surface area contributed by atoms with Crippen molar-refractivity contribution < 1.29 is 14.6 Å². The fourth-order valence-electron chi connectivity index (χ4n) is 3.91. The van der Waals surface area contributed by atoms with E-state index in [0.29, 0.717) is 12.1 Å². The van der Waals surface area contributed by atoms with E-state index >= 15 is 0 Å². The number of rotatable bonds is 9. The number of aromatic nitrogens is 2. The maximum atomic E-state index is 11.6. The number of carbonyl (C=O) groups is 1. The third-order valence-electron chi connectivity index (χ3n) is 5.64. The number of carboxylic acids is 1. The summed E-state index contributed by atoms with van der Waals surface area (Å²) in [6.07, 6.45) is 4.84. The standard InChI is InChI=1S/C26H27N3O3/c1-28(14-12-22-5-3-4-13-27-22)17-21-18-29(16-19-6-9-23(32-2)10-7-19)25-15-20(26(30)31)8-11-24(21)25/h3-11,13,15,18H,12,14,16-17H2,1-2H3,(H,30,31). The Bertz CT molecular complexity index is 1200. The van der Waals surface area contributed by atoms with Crippen LogP contribution in [0.3, 0.4) is 0 Å². The number of benzene rings is 2. The van der Waals surface area contributed by atoms with Crippen LogP contribution < -0.4 is 4.74 Å². The van der Waals surface area contributed by atoms with Crippen molar-refractivity contribution in [3.8, 4) is 5.75 Å². The Labute approximate surface area is 187 Å². The van der Waals surface area contributed by atoms with Gasteiger partial charge in [0, 0.05) is 55.0 Å². The minimum absolute atomic E-state index is 0.293. The van der Waals surface area contributed by atoms with Crippen LogP contribution in [0.25, 0.3) is 10.9 Å². The molecule has 32 heavy (non-hydrogen) atoms. The minimum Gasteiger partial charge on any atom is -0.497 e. The second-order valence-corrected chi connectivity index (χ2v) is 7.98. The summed E-state index contributed by atoms with van der Waals surface area (Å²) in [7, 11) is 3.75. The van der Waals surface area contributed by atoms with Gasteiger partial charge >= 0.3 is 5.97 Å². The first-order chi connectivity index (χ1) is 15.5. The molecule has 0 aliphatic rings. The quantitative estimate of drug-likeness (QED) is 0.425. The van der Waals surface area contributed by atoms with Crippen LogP contribution in [0.5, 0.6) is 5.75 Å². The number of nitrogens with zero attached hydrogens (tertiary/aromatic N) is 3. The zero-order chi connectivity index (χ0) is 22.5. The van der Waals surface area contributed by atoms with Gasteiger partial charge in [0.25, 0.3) is 0 Å². The van der Waals surface area contributed by atoms with Crippen molar-refractivity contribution in [3.05, 3.63) is 95.4 Å². The van der Waals surface area contributed by atoms with Gasteiger partial charge in [0.05, 0.1) is 12.7 Å². The number of carboxylic acid groups (broad SMARTS) is 1. The summed E-state index contributed by atoms with van der Waals surface area (Å²) >= 11 is 0. The molecule has 2 aromatic heterocycles. The Morgan fingerprint density at radius 2 is 1.94 bits per heavy atom. The van der Waals surface area contributed by atoms with Gasteiger partial charge in [0.2, 0.25) is 0 Å². The molecule has 0 unspecified atom stereocenters. The second-order valence-electron chi connectivity index (χ2n) is 7.98. The largest absolute Gasteiger partial charge is 0.497 e. The molecular formula is C26H27N3O3. The number of ether oxygens (including phenoxy) is 1. The molecule has 0 radical (unpaired) electrons. The highest BCUT2D eigenvalue weighted by Gasteiger charge is 2.14. The summed E-state index contributed by atoms with van der Waals surface area (Å²) in [5, 5.41) is 10.6. The molecule has 2 aromatic carbocycles. The van der Waals surface area contributed by atoms with Gasteiger partial charge in [-0.15, -0.1) is 0 Å². The topological polar surface area (TPSA) is 67.6 Å². The van der Waals surface area contributed by atoms with Crippen LogP contribution in [0.1, 0.15) is 27.2 Å². The lowest BCUT2D eigenvalue weighted by atomic mass is 10.1. The predicted molar refractivity (Wildman–Crippen MR) is 125 cm³/mol. The van der Waals surface area contributed by atoms with E-state index in [9.17, 15) is 9.90 Å². The molecule has 0 bridgehead atoms. The Morgan fingerprint density at radius 1 is 1.12 bits per heavy atom. The van der Waals surface area contributed by atoms with Crippen LogP contribution in [0.15, 0.2) is 73.1 Å². The molecule has 0 amide bonds. The molecule has 4 aromatic rings. The molecule has 164 valence electrons. The van der Waals surface area contributed by atoms with Crippen molar-refractivity contribution in [1.29, 1.82) is 0 Å². The maximum Gasteiger partial charge on any atom is 0.335 e. The van der Waals surface area contributed by atoms with E-state index in [4.69, 9.17) is 4.74 Å². The van der Waals surface area contributed by atoms with E-state index < -0.39 is 5.97 Å². The summed E-state index contributed by atoms with van der Waals surface area (Å²) in [5.41, 5.74) is 4.59. The smallest absolute Gasteiger partial charge is 0.335 e. The van der Waals surface area contributed by atoms with Gasteiger partial charge in [-0.3, -0.25) is 4.98 Å². The summed E-state index contributed by atoms with van der Waals surface area (Å²) in [5.74, 6) is -0.104. The number of hydrogen-bond donors (Lipinski definition) is 1. The van der Waals surface area contributed by atoms with Crippen molar-refractivity contribution in [2.24, 2.45) is 0 Å². The highest BCUT2D eigenvalue weighted by molar-refractivity contribution is 5.94. The van der Waals surface area contributed by atoms with Crippen LogP contribution in [0.4, 0.5) is 0 Å². The van der Waals surface area contributed by atoms with Crippen molar-refractivity contribution in [3.63, 3.8) is 0 Å². The Morgan fingerprint density at radius 3 is 2.62 bits per heavy atom. The van der Waals surface area contributed by atoms with Gasteiger partial charge in [-0.1, -0.05) is 24.3 Å². The second kappa shape index (κ2) is 9.66. The molecule has 0 aliphatic heterocycles. The van der Waals surface area contributed by atoms with Crippen LogP contribution in [-0.2, 0) is 19.5 Å². The lowest BCUT2D eigenvalue weighted by Gasteiger charge is -2.16. The molecule has 0 fully saturated rings. The lowest BCUT2D eigenvalue weighted by Crippen LogP contribution is -2.21. The third-order valence-corrected chi connectivity index (χ3v) is 5.64. The zero-order valence-electron chi connectivity index (χ0n) is 18.4. The molecule has 0 spiro atoms. The highest BCUT2D eigenvalue weighted by atomic mass is 16.5. The number of pyridine rings is 1. The molecule has 6 heteroatoms. The molecule has 0 atom stereocenters. The molecular weight excluding hydrogens is 402 g/mol.